The molecule has 8 heteroatoms. The van der Waals surface area contributed by atoms with Crippen molar-refractivity contribution < 1.29 is 9.90 Å². The number of rotatable bonds is 3. The largest absolute Gasteiger partial charge is 0.508 e. The minimum atomic E-state index is -0.222. The number of aromatic hydroxyl groups is 1. The van der Waals surface area contributed by atoms with Crippen molar-refractivity contribution in [2.45, 2.75) is 6.92 Å². The fourth-order valence-corrected chi connectivity index (χ4v) is 2.03. The van der Waals surface area contributed by atoms with E-state index in [1.54, 1.807) is 12.1 Å². The molecular formula is C10H8N4O3S. The molecule has 2 aromatic rings. The minimum Gasteiger partial charge on any atom is -0.508 e. The minimum absolute atomic E-state index is 0.105. The number of hydrogen-bond donors (Lipinski definition) is 1. The Bertz CT molecular complexity index is 657. The Kier molecular flexibility index (Phi) is 3.28. The molecule has 0 spiro atoms. The number of nitroso groups, excluding NO2 is 1. The van der Waals surface area contributed by atoms with E-state index in [0.29, 0.717) is 5.69 Å². The van der Waals surface area contributed by atoms with E-state index in [1.165, 1.54) is 23.7 Å². The highest BCUT2D eigenvalue weighted by molar-refractivity contribution is 7.10. The van der Waals surface area contributed by atoms with Gasteiger partial charge in [-0.15, -0.1) is 4.91 Å². The lowest BCUT2D eigenvalue weighted by molar-refractivity contribution is 0.101. The van der Waals surface area contributed by atoms with E-state index in [4.69, 9.17) is 0 Å². The summed E-state index contributed by atoms with van der Waals surface area (Å²) in [4.78, 5) is 21.7. The van der Waals surface area contributed by atoms with Gasteiger partial charge in [0.15, 0.2) is 10.8 Å². The molecule has 1 aromatic heterocycles. The van der Waals surface area contributed by atoms with Gasteiger partial charge in [-0.25, -0.2) is 4.68 Å². The number of aromatic nitrogens is 2. The summed E-state index contributed by atoms with van der Waals surface area (Å²) in [5, 5.41) is 19.3. The Morgan fingerprint density at radius 3 is 2.61 bits per heavy atom. The molecule has 92 valence electrons. The summed E-state index contributed by atoms with van der Waals surface area (Å²) in [6.07, 6.45) is 0. The van der Waals surface area contributed by atoms with Crippen LogP contribution in [0.3, 0.4) is 0 Å². The zero-order chi connectivity index (χ0) is 13.1. The molecule has 0 saturated carbocycles. The second-order valence-corrected chi connectivity index (χ2v) is 4.31. The van der Waals surface area contributed by atoms with Crippen molar-refractivity contribution >= 4 is 17.1 Å². The lowest BCUT2D eigenvalue weighted by Gasteiger charge is -1.99. The predicted octanol–water partition coefficient (Wildman–Crippen LogP) is 1.42. The number of hydrogen-bond acceptors (Lipinski definition) is 6. The molecule has 0 atom stereocenters. The Morgan fingerprint density at radius 1 is 1.39 bits per heavy atom. The molecule has 0 aliphatic rings. The van der Waals surface area contributed by atoms with Crippen LogP contribution in [0, 0.1) is 4.91 Å². The molecule has 1 aromatic carbocycles. The molecule has 0 saturated heterocycles. The van der Waals surface area contributed by atoms with Crippen molar-refractivity contribution in [3.05, 3.63) is 39.0 Å². The van der Waals surface area contributed by atoms with Gasteiger partial charge in [0.25, 0.3) is 0 Å². The SMILES string of the molecule is CC(=O)c1nn(-c2ccc(O)cc2)/c(=N\N=O)s1. The normalized spacial score (nSPS) is 11.5. The number of carbonyl (C=O) groups excluding carboxylic acids is 1. The summed E-state index contributed by atoms with van der Waals surface area (Å²) >= 11 is 0.971. The molecule has 0 aliphatic heterocycles. The van der Waals surface area contributed by atoms with Gasteiger partial charge >= 0.3 is 0 Å². The highest BCUT2D eigenvalue weighted by Gasteiger charge is 2.10. The van der Waals surface area contributed by atoms with Crippen molar-refractivity contribution in [3.63, 3.8) is 0 Å². The van der Waals surface area contributed by atoms with Gasteiger partial charge in [-0.2, -0.15) is 5.10 Å². The monoisotopic (exact) mass is 264 g/mol. The first-order chi connectivity index (χ1) is 8.61. The van der Waals surface area contributed by atoms with E-state index in [1.807, 2.05) is 0 Å². The maximum absolute atomic E-state index is 11.2. The average Bonchev–Trinajstić information content (AvgIpc) is 2.75. The summed E-state index contributed by atoms with van der Waals surface area (Å²) in [5.41, 5.74) is 0.568. The van der Waals surface area contributed by atoms with E-state index in [9.17, 15) is 14.8 Å². The third-order valence-corrected chi connectivity index (χ3v) is 3.08. The number of carbonyl (C=O) groups is 1. The first-order valence-corrected chi connectivity index (χ1v) is 5.70. The Morgan fingerprint density at radius 2 is 2.06 bits per heavy atom. The standard InChI is InChI=1S/C10H8N4O3S/c1-6(15)9-12-14(10(18-9)11-13-17)7-2-4-8(16)5-3-7/h2-5,16H,1H3/b11-10+. The molecule has 0 aliphatic carbocycles. The van der Waals surface area contributed by atoms with Gasteiger partial charge in [0.1, 0.15) is 5.75 Å². The maximum Gasteiger partial charge on any atom is 0.237 e. The Balaban J connectivity index is 2.62. The van der Waals surface area contributed by atoms with Gasteiger partial charge < -0.3 is 5.11 Å². The summed E-state index contributed by atoms with van der Waals surface area (Å²) in [7, 11) is 0. The second kappa shape index (κ2) is 4.88. The molecule has 1 N–H and O–H groups in total. The van der Waals surface area contributed by atoms with Crippen LogP contribution in [0.1, 0.15) is 16.7 Å². The average molecular weight is 264 g/mol. The summed E-state index contributed by atoms with van der Waals surface area (Å²) < 4.78 is 1.32. The van der Waals surface area contributed by atoms with E-state index >= 15 is 0 Å². The number of phenols is 1. The fourth-order valence-electron chi connectivity index (χ4n) is 1.29. The van der Waals surface area contributed by atoms with E-state index < -0.39 is 0 Å². The van der Waals surface area contributed by atoms with Crippen LogP contribution in [0.2, 0.25) is 0 Å². The van der Waals surface area contributed by atoms with E-state index in [-0.39, 0.29) is 21.3 Å². The number of ketones is 1. The van der Waals surface area contributed by atoms with Crippen molar-refractivity contribution in [3.8, 4) is 11.4 Å². The van der Waals surface area contributed by atoms with Gasteiger partial charge in [-0.05, 0) is 24.3 Å². The number of benzene rings is 1. The lowest BCUT2D eigenvalue weighted by Crippen LogP contribution is -2.13. The molecular weight excluding hydrogens is 256 g/mol. The maximum atomic E-state index is 11.2. The number of phenolic OH excluding ortho intramolecular Hbond substituents is 1. The molecule has 0 radical (unpaired) electrons. The Labute approximate surface area is 105 Å². The lowest BCUT2D eigenvalue weighted by atomic mass is 10.3. The van der Waals surface area contributed by atoms with Crippen LogP contribution in [0.5, 0.6) is 5.75 Å². The van der Waals surface area contributed by atoms with Gasteiger partial charge in [-0.3, -0.25) is 4.79 Å². The second-order valence-electron chi connectivity index (χ2n) is 3.36. The van der Waals surface area contributed by atoms with Crippen molar-refractivity contribution in [1.29, 1.82) is 0 Å². The molecule has 18 heavy (non-hydrogen) atoms. The van der Waals surface area contributed by atoms with Crippen LogP contribution in [-0.2, 0) is 0 Å². The molecule has 2 rings (SSSR count). The van der Waals surface area contributed by atoms with Crippen LogP contribution >= 0.6 is 11.3 Å². The molecule has 0 fully saturated rings. The fraction of sp³-hybridized carbons (Fsp3) is 0.100. The molecule has 0 unspecified atom stereocenters. The van der Waals surface area contributed by atoms with E-state index in [0.717, 1.165) is 11.3 Å². The van der Waals surface area contributed by atoms with Crippen LogP contribution in [0.4, 0.5) is 0 Å². The molecule has 0 bridgehead atoms. The molecule has 0 amide bonds. The third-order valence-electron chi connectivity index (χ3n) is 2.08. The number of Topliss-reactive ketones (excluding diaryl/α,β-unsaturated/α-hetero) is 1. The zero-order valence-corrected chi connectivity index (χ0v) is 10.1. The van der Waals surface area contributed by atoms with Gasteiger partial charge in [-0.1, -0.05) is 16.4 Å². The van der Waals surface area contributed by atoms with Gasteiger partial charge in [0.05, 0.1) is 11.0 Å². The summed E-state index contributed by atoms with van der Waals surface area (Å²) in [6, 6.07) is 6.10. The van der Waals surface area contributed by atoms with Crippen LogP contribution < -0.4 is 4.80 Å². The topological polar surface area (TPSA) is 96.9 Å². The smallest absolute Gasteiger partial charge is 0.237 e. The molecule has 1 heterocycles. The van der Waals surface area contributed by atoms with Gasteiger partial charge in [0, 0.05) is 6.92 Å². The van der Waals surface area contributed by atoms with E-state index in [2.05, 4.69) is 15.5 Å². The van der Waals surface area contributed by atoms with Crippen molar-refractivity contribution in [2.75, 3.05) is 0 Å². The van der Waals surface area contributed by atoms with Crippen LogP contribution in [0.25, 0.3) is 5.69 Å². The molecule has 7 nitrogen and oxygen atoms in total. The first kappa shape index (κ1) is 12.1. The first-order valence-electron chi connectivity index (χ1n) is 4.88. The highest BCUT2D eigenvalue weighted by atomic mass is 32.1. The number of nitrogens with zero attached hydrogens (tertiary/aromatic N) is 4. The van der Waals surface area contributed by atoms with Crippen molar-refractivity contribution in [1.82, 2.24) is 9.78 Å². The van der Waals surface area contributed by atoms with Crippen molar-refractivity contribution in [2.24, 2.45) is 10.4 Å². The Hall–Kier alpha value is -2.35. The third kappa shape index (κ3) is 2.33. The summed E-state index contributed by atoms with van der Waals surface area (Å²) in [5.74, 6) is -0.117. The summed E-state index contributed by atoms with van der Waals surface area (Å²) in [6.45, 7) is 1.37. The van der Waals surface area contributed by atoms with Crippen LogP contribution in [-0.4, -0.2) is 20.7 Å². The zero-order valence-electron chi connectivity index (χ0n) is 9.27. The highest BCUT2D eigenvalue weighted by Crippen LogP contribution is 2.13. The van der Waals surface area contributed by atoms with Gasteiger partial charge in [0.2, 0.25) is 4.80 Å². The predicted molar refractivity (Wildman–Crippen MR) is 64.5 cm³/mol. The quantitative estimate of drug-likeness (QED) is 0.515. The van der Waals surface area contributed by atoms with Crippen LogP contribution in [0.15, 0.2) is 34.7 Å².